The van der Waals surface area contributed by atoms with Crippen LogP contribution in [0.1, 0.15) is 21.9 Å². The first-order chi connectivity index (χ1) is 12.4. The van der Waals surface area contributed by atoms with Crippen molar-refractivity contribution in [2.24, 2.45) is 10.9 Å². The first kappa shape index (κ1) is 14.5. The molecule has 6 nitrogen and oxygen atoms in total. The number of aromatic amines is 1. The molecule has 1 aliphatic rings. The maximum Gasteiger partial charge on any atom is 0.152 e. The lowest BCUT2D eigenvalue weighted by Gasteiger charge is -2.26. The molecule has 2 unspecified atom stereocenters. The summed E-state index contributed by atoms with van der Waals surface area (Å²) in [5.74, 6) is 0.122. The maximum atomic E-state index is 9.99. The Morgan fingerprint density at radius 2 is 2.08 bits per heavy atom. The molecule has 0 spiro atoms. The summed E-state index contributed by atoms with van der Waals surface area (Å²) < 4.78 is 8.79. The second-order valence-electron chi connectivity index (χ2n) is 5.71. The van der Waals surface area contributed by atoms with Crippen LogP contribution in [0.3, 0.4) is 0 Å². The van der Waals surface area contributed by atoms with Crippen LogP contribution in [0.15, 0.2) is 46.9 Å². The van der Waals surface area contributed by atoms with Crippen LogP contribution >= 0.6 is 23.1 Å². The number of nitriles is 1. The Morgan fingerprint density at radius 3 is 2.92 bits per heavy atom. The van der Waals surface area contributed by atoms with Gasteiger partial charge in [0.1, 0.15) is 17.0 Å². The van der Waals surface area contributed by atoms with Crippen LogP contribution in [-0.2, 0) is 0 Å². The SMILES string of the molecule is N#CC1C(c2cccs2)=Nc2[nH]ncc2C1c1cccc2nsnc12. The Morgan fingerprint density at radius 1 is 1.12 bits per heavy atom. The van der Waals surface area contributed by atoms with Gasteiger partial charge in [0.25, 0.3) is 0 Å². The van der Waals surface area contributed by atoms with Gasteiger partial charge in [-0.3, -0.25) is 5.10 Å². The fourth-order valence-electron chi connectivity index (χ4n) is 3.33. The molecule has 0 radical (unpaired) electrons. The number of nitrogens with one attached hydrogen (secondary N) is 1. The molecule has 3 aromatic heterocycles. The van der Waals surface area contributed by atoms with E-state index >= 15 is 0 Å². The molecule has 8 heteroatoms. The normalized spacial score (nSPS) is 19.4. The summed E-state index contributed by atoms with van der Waals surface area (Å²) in [4.78, 5) is 5.70. The van der Waals surface area contributed by atoms with E-state index in [1.165, 1.54) is 11.7 Å². The van der Waals surface area contributed by atoms with Gasteiger partial charge in [-0.05, 0) is 23.1 Å². The number of H-pyrrole nitrogens is 1. The van der Waals surface area contributed by atoms with Crippen LogP contribution in [0.4, 0.5) is 5.82 Å². The molecule has 0 saturated heterocycles. The van der Waals surface area contributed by atoms with E-state index in [1.807, 2.05) is 35.7 Å². The fraction of sp³-hybridized carbons (Fsp3) is 0.118. The zero-order valence-corrected chi connectivity index (χ0v) is 14.4. The van der Waals surface area contributed by atoms with Crippen molar-refractivity contribution >= 4 is 45.6 Å². The number of aliphatic imine (C=N–C) groups is 1. The largest absolute Gasteiger partial charge is 0.261 e. The van der Waals surface area contributed by atoms with E-state index in [9.17, 15) is 5.26 Å². The van der Waals surface area contributed by atoms with Gasteiger partial charge >= 0.3 is 0 Å². The zero-order valence-electron chi connectivity index (χ0n) is 12.7. The zero-order chi connectivity index (χ0) is 16.8. The lowest BCUT2D eigenvalue weighted by atomic mass is 9.77. The van der Waals surface area contributed by atoms with Crippen LogP contribution in [0.2, 0.25) is 0 Å². The van der Waals surface area contributed by atoms with E-state index in [2.05, 4.69) is 25.0 Å². The summed E-state index contributed by atoms with van der Waals surface area (Å²) in [6.45, 7) is 0. The molecule has 0 amide bonds. The van der Waals surface area contributed by atoms with E-state index < -0.39 is 5.92 Å². The first-order valence-corrected chi connectivity index (χ1v) is 9.24. The number of aromatic nitrogens is 4. The predicted octanol–water partition coefficient (Wildman–Crippen LogP) is 3.88. The highest BCUT2D eigenvalue weighted by atomic mass is 32.1. The second kappa shape index (κ2) is 5.58. The average Bonchev–Trinajstić information content (AvgIpc) is 3.40. The summed E-state index contributed by atoms with van der Waals surface area (Å²) in [5, 5.41) is 19.1. The van der Waals surface area contributed by atoms with Crippen molar-refractivity contribution in [2.45, 2.75) is 5.92 Å². The van der Waals surface area contributed by atoms with E-state index in [0.717, 1.165) is 32.7 Å². The number of hydrogen-bond donors (Lipinski definition) is 1. The number of fused-ring (bicyclic) bond motifs is 2. The molecule has 0 aliphatic carbocycles. The summed E-state index contributed by atoms with van der Waals surface area (Å²) >= 11 is 2.77. The first-order valence-electron chi connectivity index (χ1n) is 7.63. The average molecular weight is 362 g/mol. The second-order valence-corrected chi connectivity index (χ2v) is 7.19. The number of benzene rings is 1. The van der Waals surface area contributed by atoms with Gasteiger partial charge in [0.05, 0.1) is 29.7 Å². The highest BCUT2D eigenvalue weighted by Gasteiger charge is 2.38. The molecule has 1 aromatic carbocycles. The minimum Gasteiger partial charge on any atom is -0.261 e. The molecule has 2 atom stereocenters. The minimum absolute atomic E-state index is 0.180. The molecule has 0 bridgehead atoms. The fourth-order valence-corrected chi connectivity index (χ4v) is 4.64. The van der Waals surface area contributed by atoms with Crippen LogP contribution in [0, 0.1) is 17.2 Å². The van der Waals surface area contributed by atoms with Gasteiger partial charge in [0.2, 0.25) is 0 Å². The van der Waals surface area contributed by atoms with E-state index in [0.29, 0.717) is 5.82 Å². The maximum absolute atomic E-state index is 9.99. The van der Waals surface area contributed by atoms with Gasteiger partial charge in [-0.15, -0.1) is 11.3 Å². The smallest absolute Gasteiger partial charge is 0.152 e. The van der Waals surface area contributed by atoms with Gasteiger partial charge in [-0.25, -0.2) is 4.99 Å². The van der Waals surface area contributed by atoms with Crippen molar-refractivity contribution in [2.75, 3.05) is 0 Å². The Hall–Kier alpha value is -2.89. The quantitative estimate of drug-likeness (QED) is 0.586. The third kappa shape index (κ3) is 2.13. The standard InChI is InChI=1S/C17H10N6S2/c18-7-10-14(9-3-1-4-12-15(9)23-25-22-12)11-8-19-21-17(11)20-16(10)13-5-2-6-24-13/h1-6,8,10,14H,(H,19,21). The molecule has 1 N–H and O–H groups in total. The van der Waals surface area contributed by atoms with E-state index in [-0.39, 0.29) is 5.92 Å². The third-order valence-corrected chi connectivity index (χ3v) is 5.84. The molecule has 25 heavy (non-hydrogen) atoms. The number of hydrogen-bond acceptors (Lipinski definition) is 7. The topological polar surface area (TPSA) is 90.6 Å². The van der Waals surface area contributed by atoms with Crippen LogP contribution in [0.5, 0.6) is 0 Å². The van der Waals surface area contributed by atoms with E-state index in [1.54, 1.807) is 17.5 Å². The Bertz CT molecular complexity index is 1130. The Balaban J connectivity index is 1.78. The van der Waals surface area contributed by atoms with Gasteiger partial charge in [-0.2, -0.15) is 19.1 Å². The highest BCUT2D eigenvalue weighted by Crippen LogP contribution is 2.44. The Kier molecular flexibility index (Phi) is 3.23. The molecule has 0 fully saturated rings. The lowest BCUT2D eigenvalue weighted by Crippen LogP contribution is -2.25. The number of nitrogens with zero attached hydrogens (tertiary/aromatic N) is 5. The summed E-state index contributed by atoms with van der Waals surface area (Å²) in [6, 6.07) is 12.4. The monoisotopic (exact) mass is 362 g/mol. The molecular formula is C17H10N6S2. The minimum atomic E-state index is -0.406. The van der Waals surface area contributed by atoms with Crippen molar-refractivity contribution in [1.82, 2.24) is 18.9 Å². The highest BCUT2D eigenvalue weighted by molar-refractivity contribution is 7.12. The number of rotatable bonds is 2. The predicted molar refractivity (Wildman–Crippen MR) is 97.5 cm³/mol. The Labute approximate surface area is 150 Å². The molecule has 120 valence electrons. The van der Waals surface area contributed by atoms with Gasteiger partial charge in [0.15, 0.2) is 5.82 Å². The van der Waals surface area contributed by atoms with Crippen molar-refractivity contribution in [3.05, 3.63) is 57.9 Å². The van der Waals surface area contributed by atoms with Crippen LogP contribution in [-0.4, -0.2) is 24.7 Å². The van der Waals surface area contributed by atoms with Gasteiger partial charge < -0.3 is 0 Å². The van der Waals surface area contributed by atoms with Gasteiger partial charge in [-0.1, -0.05) is 18.2 Å². The van der Waals surface area contributed by atoms with Crippen molar-refractivity contribution < 1.29 is 0 Å². The van der Waals surface area contributed by atoms with E-state index in [4.69, 9.17) is 4.99 Å². The molecule has 4 aromatic rings. The molecule has 5 rings (SSSR count). The van der Waals surface area contributed by atoms with Crippen molar-refractivity contribution in [3.8, 4) is 6.07 Å². The summed E-state index contributed by atoms with van der Waals surface area (Å²) in [5.41, 5.74) is 4.39. The van der Waals surface area contributed by atoms with Crippen molar-refractivity contribution in [3.63, 3.8) is 0 Å². The molecular weight excluding hydrogens is 352 g/mol. The molecule has 1 aliphatic heterocycles. The number of thiophene rings is 1. The third-order valence-electron chi connectivity index (χ3n) is 4.41. The molecule has 4 heterocycles. The van der Waals surface area contributed by atoms with Gasteiger partial charge in [0, 0.05) is 16.4 Å². The van der Waals surface area contributed by atoms with Crippen LogP contribution in [0.25, 0.3) is 11.0 Å². The van der Waals surface area contributed by atoms with Crippen molar-refractivity contribution in [1.29, 1.82) is 5.26 Å². The summed E-state index contributed by atoms with van der Waals surface area (Å²) in [6.07, 6.45) is 1.76. The van der Waals surface area contributed by atoms with Crippen LogP contribution < -0.4 is 0 Å². The summed E-state index contributed by atoms with van der Waals surface area (Å²) in [7, 11) is 0. The molecule has 0 saturated carbocycles. The lowest BCUT2D eigenvalue weighted by molar-refractivity contribution is 0.725.